The van der Waals surface area contributed by atoms with Crippen LogP contribution in [0.2, 0.25) is 0 Å². The molecule has 2 aromatic heterocycles. The molecule has 1 amide bonds. The largest absolute Gasteiger partial charge is 0.508 e. The number of thiazole rings is 1. The Bertz CT molecular complexity index is 1010. The predicted molar refractivity (Wildman–Crippen MR) is 99.2 cm³/mol. The summed E-state index contributed by atoms with van der Waals surface area (Å²) < 4.78 is 37.9. The number of aromatic nitrogens is 3. The minimum atomic E-state index is -4.36. The predicted octanol–water partition coefficient (Wildman–Crippen LogP) is 4.22. The van der Waals surface area contributed by atoms with Crippen LogP contribution in [0, 0.1) is 13.8 Å². The van der Waals surface area contributed by atoms with Crippen molar-refractivity contribution in [2.24, 2.45) is 0 Å². The average Bonchev–Trinajstić information content (AvgIpc) is 3.23. The maximum absolute atomic E-state index is 12.5. The van der Waals surface area contributed by atoms with E-state index >= 15 is 0 Å². The summed E-state index contributed by atoms with van der Waals surface area (Å²) in [6.07, 6.45) is -1.81. The van der Waals surface area contributed by atoms with Crippen molar-refractivity contribution in [1.82, 2.24) is 14.8 Å². The molecule has 11 heteroatoms. The van der Waals surface area contributed by atoms with Gasteiger partial charge >= 0.3 is 6.18 Å². The first-order chi connectivity index (χ1) is 13.1. The van der Waals surface area contributed by atoms with E-state index in [9.17, 15) is 23.1 Å². The molecular formula is C17H16F3N5O2S. The third-order valence-corrected chi connectivity index (χ3v) is 4.74. The van der Waals surface area contributed by atoms with Gasteiger partial charge in [0.15, 0.2) is 10.9 Å². The molecule has 0 saturated carbocycles. The standard InChI is InChI=1S/C17H16F3N5O2S/c1-9-3-4-11(26)10(2)14(9)23-15(27)12-7-21-16(28-12)22-13-5-6-25(24-13)8-17(18,19)20/h3-7,26H,8H2,1-2H3,(H,23,27)(H,21,22,24). The van der Waals surface area contributed by atoms with Crippen molar-refractivity contribution >= 4 is 33.9 Å². The van der Waals surface area contributed by atoms with E-state index in [-0.39, 0.29) is 11.6 Å². The van der Waals surface area contributed by atoms with Gasteiger partial charge in [0.25, 0.3) is 5.91 Å². The number of phenolic OH excluding ortho intramolecular Hbond substituents is 1. The van der Waals surface area contributed by atoms with Crippen LogP contribution in [0.5, 0.6) is 5.75 Å². The van der Waals surface area contributed by atoms with Crippen LogP contribution >= 0.6 is 11.3 Å². The van der Waals surface area contributed by atoms with Gasteiger partial charge in [-0.3, -0.25) is 9.48 Å². The molecule has 0 radical (unpaired) electrons. The zero-order valence-corrected chi connectivity index (χ0v) is 15.6. The summed E-state index contributed by atoms with van der Waals surface area (Å²) in [6, 6.07) is 4.62. The Balaban J connectivity index is 1.69. The van der Waals surface area contributed by atoms with Crippen molar-refractivity contribution in [2.75, 3.05) is 10.6 Å². The van der Waals surface area contributed by atoms with Gasteiger partial charge in [-0.2, -0.15) is 18.3 Å². The number of phenols is 1. The van der Waals surface area contributed by atoms with Gasteiger partial charge in [-0.05, 0) is 25.5 Å². The number of amides is 1. The van der Waals surface area contributed by atoms with E-state index in [0.29, 0.717) is 21.3 Å². The average molecular weight is 411 g/mol. The lowest BCUT2D eigenvalue weighted by atomic mass is 10.1. The van der Waals surface area contributed by atoms with Crippen LogP contribution in [0.3, 0.4) is 0 Å². The minimum absolute atomic E-state index is 0.0713. The van der Waals surface area contributed by atoms with E-state index in [4.69, 9.17) is 0 Å². The maximum atomic E-state index is 12.5. The SMILES string of the molecule is Cc1ccc(O)c(C)c1NC(=O)c1cnc(Nc2ccn(CC(F)(F)F)n2)s1. The van der Waals surface area contributed by atoms with Crippen LogP contribution in [0.25, 0.3) is 0 Å². The summed E-state index contributed by atoms with van der Waals surface area (Å²) in [4.78, 5) is 16.8. The normalized spacial score (nSPS) is 11.5. The molecule has 28 heavy (non-hydrogen) atoms. The second-order valence-electron chi connectivity index (χ2n) is 6.02. The number of anilines is 3. The van der Waals surface area contributed by atoms with E-state index < -0.39 is 18.6 Å². The smallest absolute Gasteiger partial charge is 0.408 e. The molecule has 0 bridgehead atoms. The number of carbonyl (C=O) groups excluding carboxylic acids is 1. The number of benzene rings is 1. The second-order valence-corrected chi connectivity index (χ2v) is 7.05. The Morgan fingerprint density at radius 1 is 1.29 bits per heavy atom. The Hall–Kier alpha value is -3.08. The van der Waals surface area contributed by atoms with Crippen LogP contribution < -0.4 is 10.6 Å². The van der Waals surface area contributed by atoms with Gasteiger partial charge in [-0.1, -0.05) is 17.4 Å². The number of alkyl halides is 3. The molecule has 3 aromatic rings. The molecule has 3 N–H and O–H groups in total. The molecule has 0 fully saturated rings. The molecule has 3 rings (SSSR count). The Labute approximate surface area is 161 Å². The zero-order valence-electron chi connectivity index (χ0n) is 14.8. The molecule has 1 aromatic carbocycles. The summed E-state index contributed by atoms with van der Waals surface area (Å²) in [6.45, 7) is 2.30. The molecule has 0 saturated heterocycles. The lowest BCUT2D eigenvalue weighted by Gasteiger charge is -2.11. The molecule has 0 atom stereocenters. The molecule has 0 aliphatic rings. The summed E-state index contributed by atoms with van der Waals surface area (Å²) >= 11 is 1.03. The summed E-state index contributed by atoms with van der Waals surface area (Å²) in [5, 5.41) is 19.4. The van der Waals surface area contributed by atoms with E-state index in [1.54, 1.807) is 26.0 Å². The lowest BCUT2D eigenvalue weighted by molar-refractivity contribution is -0.142. The second kappa shape index (κ2) is 7.50. The third kappa shape index (κ3) is 4.60. The molecule has 148 valence electrons. The Kier molecular flexibility index (Phi) is 5.27. The van der Waals surface area contributed by atoms with Gasteiger partial charge in [0.1, 0.15) is 17.2 Å². The minimum Gasteiger partial charge on any atom is -0.508 e. The van der Waals surface area contributed by atoms with Crippen molar-refractivity contribution in [1.29, 1.82) is 0 Å². The number of aromatic hydroxyl groups is 1. The number of rotatable bonds is 5. The van der Waals surface area contributed by atoms with E-state index in [2.05, 4.69) is 20.7 Å². The van der Waals surface area contributed by atoms with Crippen LogP contribution in [-0.2, 0) is 6.54 Å². The highest BCUT2D eigenvalue weighted by atomic mass is 32.1. The third-order valence-electron chi connectivity index (χ3n) is 3.83. The van der Waals surface area contributed by atoms with Gasteiger partial charge in [0.05, 0.1) is 11.9 Å². The van der Waals surface area contributed by atoms with E-state index in [1.807, 2.05) is 0 Å². The topological polar surface area (TPSA) is 92.1 Å². The number of hydrogen-bond acceptors (Lipinski definition) is 6. The molecule has 0 spiro atoms. The molecule has 0 unspecified atom stereocenters. The van der Waals surface area contributed by atoms with Gasteiger partial charge in [-0.25, -0.2) is 4.98 Å². The summed E-state index contributed by atoms with van der Waals surface area (Å²) in [5.41, 5.74) is 1.85. The van der Waals surface area contributed by atoms with Gasteiger partial charge in [0.2, 0.25) is 0 Å². The highest BCUT2D eigenvalue weighted by molar-refractivity contribution is 7.17. The van der Waals surface area contributed by atoms with Crippen molar-refractivity contribution < 1.29 is 23.1 Å². The highest BCUT2D eigenvalue weighted by Crippen LogP contribution is 2.29. The molecule has 0 aliphatic heterocycles. The van der Waals surface area contributed by atoms with E-state index in [0.717, 1.165) is 21.6 Å². The van der Waals surface area contributed by atoms with E-state index in [1.165, 1.54) is 18.5 Å². The first kappa shape index (κ1) is 19.7. The molecule has 0 aliphatic carbocycles. The van der Waals surface area contributed by atoms with Crippen LogP contribution in [0.1, 0.15) is 20.8 Å². The number of carbonyl (C=O) groups is 1. The quantitative estimate of drug-likeness (QED) is 0.585. The first-order valence-electron chi connectivity index (χ1n) is 8.06. The number of hydrogen-bond donors (Lipinski definition) is 3. The van der Waals surface area contributed by atoms with Crippen LogP contribution in [0.4, 0.5) is 29.8 Å². The zero-order chi connectivity index (χ0) is 20.5. The highest BCUT2D eigenvalue weighted by Gasteiger charge is 2.28. The van der Waals surface area contributed by atoms with Crippen LogP contribution in [0.15, 0.2) is 30.6 Å². The monoisotopic (exact) mass is 411 g/mol. The molecule has 2 heterocycles. The van der Waals surface area contributed by atoms with Crippen molar-refractivity contribution in [2.45, 2.75) is 26.6 Å². The van der Waals surface area contributed by atoms with Gasteiger partial charge < -0.3 is 15.7 Å². The van der Waals surface area contributed by atoms with Crippen molar-refractivity contribution in [3.8, 4) is 5.75 Å². The number of aryl methyl sites for hydroxylation is 1. The van der Waals surface area contributed by atoms with Gasteiger partial charge in [-0.15, -0.1) is 0 Å². The molecule has 7 nitrogen and oxygen atoms in total. The van der Waals surface area contributed by atoms with Crippen molar-refractivity contribution in [3.05, 3.63) is 46.6 Å². The Morgan fingerprint density at radius 2 is 2.04 bits per heavy atom. The Morgan fingerprint density at radius 3 is 2.75 bits per heavy atom. The van der Waals surface area contributed by atoms with Gasteiger partial charge in [0, 0.05) is 17.8 Å². The number of nitrogens with zero attached hydrogens (tertiary/aromatic N) is 3. The summed E-state index contributed by atoms with van der Waals surface area (Å²) in [5.74, 6) is -0.155. The first-order valence-corrected chi connectivity index (χ1v) is 8.87. The van der Waals surface area contributed by atoms with Crippen molar-refractivity contribution in [3.63, 3.8) is 0 Å². The lowest BCUT2D eigenvalue weighted by Crippen LogP contribution is -2.18. The maximum Gasteiger partial charge on any atom is 0.408 e. The molecular weight excluding hydrogens is 395 g/mol. The van der Waals surface area contributed by atoms with Crippen LogP contribution in [-0.4, -0.2) is 32.0 Å². The fraction of sp³-hybridized carbons (Fsp3) is 0.235. The fourth-order valence-electron chi connectivity index (χ4n) is 2.45. The summed E-state index contributed by atoms with van der Waals surface area (Å²) in [7, 11) is 0. The number of nitrogens with one attached hydrogen (secondary N) is 2. The fourth-order valence-corrected chi connectivity index (χ4v) is 3.17. The number of halogens is 3.